The lowest BCUT2D eigenvalue weighted by Gasteiger charge is -2.07. The Labute approximate surface area is 128 Å². The van der Waals surface area contributed by atoms with Crippen LogP contribution in [0.2, 0.25) is 0 Å². The lowest BCUT2D eigenvalue weighted by atomic mass is 10.1. The van der Waals surface area contributed by atoms with Gasteiger partial charge in [0, 0.05) is 17.7 Å². The summed E-state index contributed by atoms with van der Waals surface area (Å²) in [5.74, 6) is 0.581. The lowest BCUT2D eigenvalue weighted by molar-refractivity contribution is 0.102. The van der Waals surface area contributed by atoms with Gasteiger partial charge in [0.25, 0.3) is 5.91 Å². The SMILES string of the molecule is COc1ccc(NC(=O)c2ccc(CC(N)=S)cc2)cc1. The third-order valence-electron chi connectivity index (χ3n) is 2.94. The average molecular weight is 300 g/mol. The van der Waals surface area contributed by atoms with E-state index in [1.807, 2.05) is 12.1 Å². The number of nitrogens with one attached hydrogen (secondary N) is 1. The van der Waals surface area contributed by atoms with E-state index >= 15 is 0 Å². The summed E-state index contributed by atoms with van der Waals surface area (Å²) in [7, 11) is 1.60. The number of hydrogen-bond donors (Lipinski definition) is 2. The lowest BCUT2D eigenvalue weighted by Crippen LogP contribution is -2.13. The van der Waals surface area contributed by atoms with Crippen LogP contribution in [0.3, 0.4) is 0 Å². The first-order chi connectivity index (χ1) is 10.1. The fourth-order valence-electron chi connectivity index (χ4n) is 1.85. The van der Waals surface area contributed by atoms with Crippen molar-refractivity contribution in [2.45, 2.75) is 6.42 Å². The maximum Gasteiger partial charge on any atom is 0.255 e. The molecule has 5 heteroatoms. The molecular weight excluding hydrogens is 284 g/mol. The van der Waals surface area contributed by atoms with E-state index in [9.17, 15) is 4.79 Å². The summed E-state index contributed by atoms with van der Waals surface area (Å²) >= 11 is 4.86. The Kier molecular flexibility index (Phi) is 4.90. The van der Waals surface area contributed by atoms with Gasteiger partial charge in [0.2, 0.25) is 0 Å². The van der Waals surface area contributed by atoms with Gasteiger partial charge in [-0.25, -0.2) is 0 Å². The Bertz CT molecular complexity index is 636. The summed E-state index contributed by atoms with van der Waals surface area (Å²) in [5.41, 5.74) is 7.78. The van der Waals surface area contributed by atoms with Gasteiger partial charge in [-0.2, -0.15) is 0 Å². The van der Waals surface area contributed by atoms with Crippen molar-refractivity contribution in [2.24, 2.45) is 5.73 Å². The highest BCUT2D eigenvalue weighted by Gasteiger charge is 2.06. The van der Waals surface area contributed by atoms with Crippen LogP contribution in [0.5, 0.6) is 5.75 Å². The smallest absolute Gasteiger partial charge is 0.255 e. The first-order valence-electron chi connectivity index (χ1n) is 6.41. The van der Waals surface area contributed by atoms with E-state index in [4.69, 9.17) is 22.7 Å². The molecule has 0 aromatic heterocycles. The molecule has 4 nitrogen and oxygen atoms in total. The molecule has 0 bridgehead atoms. The number of hydrogen-bond acceptors (Lipinski definition) is 3. The zero-order chi connectivity index (χ0) is 15.2. The molecule has 0 saturated heterocycles. The van der Waals surface area contributed by atoms with Gasteiger partial charge in [0.15, 0.2) is 0 Å². The molecule has 2 aromatic carbocycles. The molecule has 0 atom stereocenters. The molecule has 0 aliphatic rings. The monoisotopic (exact) mass is 300 g/mol. The van der Waals surface area contributed by atoms with Crippen LogP contribution in [-0.2, 0) is 6.42 Å². The second kappa shape index (κ2) is 6.85. The predicted octanol–water partition coefficient (Wildman–Crippen LogP) is 2.78. The number of ether oxygens (including phenoxy) is 1. The predicted molar refractivity (Wildman–Crippen MR) is 87.9 cm³/mol. The quantitative estimate of drug-likeness (QED) is 0.833. The maximum absolute atomic E-state index is 12.1. The number of carbonyl (C=O) groups is 1. The third kappa shape index (κ3) is 4.29. The molecule has 2 aromatic rings. The van der Waals surface area contributed by atoms with Crippen LogP contribution in [0.4, 0.5) is 5.69 Å². The summed E-state index contributed by atoms with van der Waals surface area (Å²) in [6.45, 7) is 0. The van der Waals surface area contributed by atoms with Crippen molar-refractivity contribution >= 4 is 28.8 Å². The Morgan fingerprint density at radius 2 is 1.76 bits per heavy atom. The first-order valence-corrected chi connectivity index (χ1v) is 6.82. The Morgan fingerprint density at radius 1 is 1.14 bits per heavy atom. The molecule has 0 fully saturated rings. The van der Waals surface area contributed by atoms with Gasteiger partial charge < -0.3 is 15.8 Å². The van der Waals surface area contributed by atoms with Crippen LogP contribution in [0, 0.1) is 0 Å². The number of rotatable bonds is 5. The molecule has 0 unspecified atom stereocenters. The molecule has 0 aliphatic heterocycles. The number of benzene rings is 2. The molecule has 0 saturated carbocycles. The van der Waals surface area contributed by atoms with E-state index in [-0.39, 0.29) is 5.91 Å². The van der Waals surface area contributed by atoms with Crippen LogP contribution in [-0.4, -0.2) is 18.0 Å². The standard InChI is InChI=1S/C16H16N2O2S/c1-20-14-8-6-13(7-9-14)18-16(19)12-4-2-11(3-5-12)10-15(17)21/h2-9H,10H2,1H3,(H2,17,21)(H,18,19). The van der Waals surface area contributed by atoms with Crippen molar-refractivity contribution in [1.29, 1.82) is 0 Å². The number of amides is 1. The van der Waals surface area contributed by atoms with Crippen molar-refractivity contribution < 1.29 is 9.53 Å². The van der Waals surface area contributed by atoms with Gasteiger partial charge in [-0.15, -0.1) is 0 Å². The largest absolute Gasteiger partial charge is 0.497 e. The topological polar surface area (TPSA) is 64.3 Å². The summed E-state index contributed by atoms with van der Waals surface area (Å²) in [6, 6.07) is 14.4. The molecule has 21 heavy (non-hydrogen) atoms. The zero-order valence-electron chi connectivity index (χ0n) is 11.6. The Hall–Kier alpha value is -2.40. The summed E-state index contributed by atoms with van der Waals surface area (Å²) < 4.78 is 5.07. The number of anilines is 1. The molecule has 2 rings (SSSR count). The second-order valence-corrected chi connectivity index (χ2v) is 5.05. The second-order valence-electron chi connectivity index (χ2n) is 4.52. The van der Waals surface area contributed by atoms with Gasteiger partial charge in [0.05, 0.1) is 12.1 Å². The number of thiocarbonyl (C=S) groups is 1. The number of methoxy groups -OCH3 is 1. The molecule has 0 radical (unpaired) electrons. The maximum atomic E-state index is 12.1. The number of carbonyl (C=O) groups excluding carboxylic acids is 1. The highest BCUT2D eigenvalue weighted by Crippen LogP contribution is 2.16. The molecule has 3 N–H and O–H groups in total. The van der Waals surface area contributed by atoms with Gasteiger partial charge >= 0.3 is 0 Å². The van der Waals surface area contributed by atoms with Crippen LogP contribution in [0.25, 0.3) is 0 Å². The molecule has 0 heterocycles. The van der Waals surface area contributed by atoms with Crippen molar-refractivity contribution in [3.63, 3.8) is 0 Å². The molecule has 0 spiro atoms. The third-order valence-corrected chi connectivity index (χ3v) is 3.09. The molecule has 108 valence electrons. The van der Waals surface area contributed by atoms with Gasteiger partial charge in [-0.3, -0.25) is 4.79 Å². The Morgan fingerprint density at radius 3 is 2.29 bits per heavy atom. The minimum atomic E-state index is -0.165. The summed E-state index contributed by atoms with van der Waals surface area (Å²) in [4.78, 5) is 12.5. The molecular formula is C16H16N2O2S. The van der Waals surface area contributed by atoms with Crippen LogP contribution >= 0.6 is 12.2 Å². The first kappa shape index (κ1) is 15.0. The van der Waals surface area contributed by atoms with E-state index in [1.165, 1.54) is 0 Å². The highest BCUT2D eigenvalue weighted by molar-refractivity contribution is 7.80. The average Bonchev–Trinajstić information content (AvgIpc) is 2.48. The summed E-state index contributed by atoms with van der Waals surface area (Å²) in [5, 5.41) is 2.82. The summed E-state index contributed by atoms with van der Waals surface area (Å²) in [6.07, 6.45) is 0.537. The fraction of sp³-hybridized carbons (Fsp3) is 0.125. The fourth-order valence-corrected chi connectivity index (χ4v) is 2.02. The van der Waals surface area contributed by atoms with E-state index < -0.39 is 0 Å². The number of nitrogens with two attached hydrogens (primary N) is 1. The molecule has 1 amide bonds. The highest BCUT2D eigenvalue weighted by atomic mass is 32.1. The van der Waals surface area contributed by atoms with E-state index in [0.29, 0.717) is 22.7 Å². The van der Waals surface area contributed by atoms with E-state index in [0.717, 1.165) is 11.3 Å². The van der Waals surface area contributed by atoms with Gasteiger partial charge in [-0.1, -0.05) is 24.4 Å². The minimum Gasteiger partial charge on any atom is -0.497 e. The van der Waals surface area contributed by atoms with Crippen LogP contribution in [0.1, 0.15) is 15.9 Å². The Balaban J connectivity index is 2.03. The van der Waals surface area contributed by atoms with Crippen molar-refractivity contribution in [3.8, 4) is 5.75 Å². The van der Waals surface area contributed by atoms with Gasteiger partial charge in [0.1, 0.15) is 5.75 Å². The normalized spacial score (nSPS) is 9.95. The van der Waals surface area contributed by atoms with E-state index in [1.54, 1.807) is 43.5 Å². The van der Waals surface area contributed by atoms with Crippen molar-refractivity contribution in [1.82, 2.24) is 0 Å². The van der Waals surface area contributed by atoms with Crippen molar-refractivity contribution in [2.75, 3.05) is 12.4 Å². The van der Waals surface area contributed by atoms with Gasteiger partial charge in [-0.05, 0) is 42.0 Å². The van der Waals surface area contributed by atoms with Crippen LogP contribution < -0.4 is 15.8 Å². The van der Waals surface area contributed by atoms with Crippen molar-refractivity contribution in [3.05, 3.63) is 59.7 Å². The zero-order valence-corrected chi connectivity index (χ0v) is 12.4. The van der Waals surface area contributed by atoms with E-state index in [2.05, 4.69) is 5.32 Å². The van der Waals surface area contributed by atoms with Crippen LogP contribution in [0.15, 0.2) is 48.5 Å². The minimum absolute atomic E-state index is 0.165. The molecule has 0 aliphatic carbocycles.